The van der Waals surface area contributed by atoms with E-state index in [0.29, 0.717) is 5.41 Å². The topological polar surface area (TPSA) is 12.0 Å². The minimum atomic E-state index is 0.492. The third kappa shape index (κ3) is 7.37. The smallest absolute Gasteiger partial charge is 0.00207 e. The standard InChI is InChI=1S/C13H29N/c1-7-14-10-12(3)11(2)8-9-13(4,5)6/h11-12,14H,7-10H2,1-6H3. The molecule has 0 aromatic carbocycles. The molecule has 1 heteroatoms. The molecule has 2 unspecified atom stereocenters. The van der Waals surface area contributed by atoms with Crippen LogP contribution in [-0.4, -0.2) is 13.1 Å². The van der Waals surface area contributed by atoms with Gasteiger partial charge in [0.1, 0.15) is 0 Å². The van der Waals surface area contributed by atoms with Gasteiger partial charge < -0.3 is 5.32 Å². The van der Waals surface area contributed by atoms with E-state index in [2.05, 4.69) is 46.9 Å². The third-order valence-electron chi connectivity index (χ3n) is 3.04. The summed E-state index contributed by atoms with van der Waals surface area (Å²) >= 11 is 0. The molecular formula is C13H29N. The highest BCUT2D eigenvalue weighted by atomic mass is 14.8. The van der Waals surface area contributed by atoms with Gasteiger partial charge in [-0.3, -0.25) is 0 Å². The maximum Gasteiger partial charge on any atom is -0.00207 e. The highest BCUT2D eigenvalue weighted by molar-refractivity contribution is 4.69. The Hall–Kier alpha value is -0.0400. The van der Waals surface area contributed by atoms with Crippen molar-refractivity contribution in [1.29, 1.82) is 0 Å². The van der Waals surface area contributed by atoms with Crippen LogP contribution in [-0.2, 0) is 0 Å². The second-order valence-corrected chi connectivity index (χ2v) is 5.86. The second-order valence-electron chi connectivity index (χ2n) is 5.86. The fourth-order valence-corrected chi connectivity index (χ4v) is 1.52. The summed E-state index contributed by atoms with van der Waals surface area (Å²) in [6.45, 7) is 16.2. The Bertz CT molecular complexity index is 135. The first-order valence-electron chi connectivity index (χ1n) is 6.07. The molecule has 0 radical (unpaired) electrons. The van der Waals surface area contributed by atoms with E-state index in [0.717, 1.165) is 18.4 Å². The van der Waals surface area contributed by atoms with Gasteiger partial charge in [-0.15, -0.1) is 0 Å². The monoisotopic (exact) mass is 199 g/mol. The van der Waals surface area contributed by atoms with Gasteiger partial charge in [0.2, 0.25) is 0 Å². The molecule has 0 bridgehead atoms. The fourth-order valence-electron chi connectivity index (χ4n) is 1.52. The average molecular weight is 199 g/mol. The van der Waals surface area contributed by atoms with Crippen molar-refractivity contribution >= 4 is 0 Å². The molecule has 86 valence electrons. The largest absolute Gasteiger partial charge is 0.317 e. The highest BCUT2D eigenvalue weighted by Gasteiger charge is 2.16. The zero-order valence-corrected chi connectivity index (χ0v) is 11.0. The molecule has 0 fully saturated rings. The predicted octanol–water partition coefficient (Wildman–Crippen LogP) is 3.69. The van der Waals surface area contributed by atoms with Crippen LogP contribution in [0.3, 0.4) is 0 Å². The Labute approximate surface area is 90.7 Å². The zero-order valence-electron chi connectivity index (χ0n) is 11.0. The third-order valence-corrected chi connectivity index (χ3v) is 3.04. The van der Waals surface area contributed by atoms with Crippen LogP contribution in [0.2, 0.25) is 0 Å². The predicted molar refractivity (Wildman–Crippen MR) is 65.6 cm³/mol. The first kappa shape index (κ1) is 14.0. The van der Waals surface area contributed by atoms with Gasteiger partial charge in [-0.05, 0) is 43.2 Å². The molecule has 0 saturated heterocycles. The van der Waals surface area contributed by atoms with Crippen molar-refractivity contribution in [3.8, 4) is 0 Å². The number of nitrogens with one attached hydrogen (secondary N) is 1. The van der Waals surface area contributed by atoms with Crippen LogP contribution in [0, 0.1) is 17.3 Å². The molecule has 0 spiro atoms. The summed E-state index contributed by atoms with van der Waals surface area (Å²) in [4.78, 5) is 0. The lowest BCUT2D eigenvalue weighted by Gasteiger charge is -2.24. The van der Waals surface area contributed by atoms with Crippen molar-refractivity contribution in [2.24, 2.45) is 17.3 Å². The number of rotatable bonds is 6. The van der Waals surface area contributed by atoms with Crippen LogP contribution >= 0.6 is 0 Å². The van der Waals surface area contributed by atoms with E-state index in [1.54, 1.807) is 0 Å². The molecule has 0 saturated carbocycles. The van der Waals surface area contributed by atoms with Crippen molar-refractivity contribution < 1.29 is 0 Å². The molecule has 2 atom stereocenters. The van der Waals surface area contributed by atoms with Gasteiger partial charge in [-0.25, -0.2) is 0 Å². The summed E-state index contributed by atoms with van der Waals surface area (Å²) in [5.74, 6) is 1.64. The van der Waals surface area contributed by atoms with Crippen LogP contribution in [0.5, 0.6) is 0 Å². The average Bonchev–Trinajstić information content (AvgIpc) is 2.09. The van der Waals surface area contributed by atoms with E-state index in [9.17, 15) is 0 Å². The summed E-state index contributed by atoms with van der Waals surface area (Å²) in [7, 11) is 0. The molecule has 0 heterocycles. The Morgan fingerprint density at radius 3 is 2.07 bits per heavy atom. The van der Waals surface area contributed by atoms with Gasteiger partial charge >= 0.3 is 0 Å². The lowest BCUT2D eigenvalue weighted by Crippen LogP contribution is -2.25. The molecule has 0 amide bonds. The zero-order chi connectivity index (χ0) is 11.2. The normalized spacial score (nSPS) is 16.7. The minimum absolute atomic E-state index is 0.492. The summed E-state index contributed by atoms with van der Waals surface area (Å²) in [6, 6.07) is 0. The summed E-state index contributed by atoms with van der Waals surface area (Å²) in [5.41, 5.74) is 0.492. The van der Waals surface area contributed by atoms with Crippen molar-refractivity contribution in [3.63, 3.8) is 0 Å². The van der Waals surface area contributed by atoms with Crippen LogP contribution in [0.1, 0.15) is 54.4 Å². The van der Waals surface area contributed by atoms with Crippen LogP contribution in [0.25, 0.3) is 0 Å². The van der Waals surface area contributed by atoms with Gasteiger partial charge in [0.15, 0.2) is 0 Å². The molecule has 0 aromatic rings. The molecule has 14 heavy (non-hydrogen) atoms. The fraction of sp³-hybridized carbons (Fsp3) is 1.00. The Morgan fingerprint density at radius 2 is 1.64 bits per heavy atom. The molecule has 1 N–H and O–H groups in total. The molecule has 0 aliphatic carbocycles. The van der Waals surface area contributed by atoms with Crippen LogP contribution in [0.4, 0.5) is 0 Å². The van der Waals surface area contributed by atoms with Crippen molar-refractivity contribution in [3.05, 3.63) is 0 Å². The molecule has 0 aromatic heterocycles. The van der Waals surface area contributed by atoms with Crippen molar-refractivity contribution in [2.75, 3.05) is 13.1 Å². The van der Waals surface area contributed by atoms with Gasteiger partial charge in [-0.2, -0.15) is 0 Å². The van der Waals surface area contributed by atoms with E-state index in [1.807, 2.05) is 0 Å². The molecule has 1 nitrogen and oxygen atoms in total. The minimum Gasteiger partial charge on any atom is -0.317 e. The van der Waals surface area contributed by atoms with E-state index >= 15 is 0 Å². The van der Waals surface area contributed by atoms with Gasteiger partial charge in [-0.1, -0.05) is 41.5 Å². The lowest BCUT2D eigenvalue weighted by atomic mass is 9.83. The Kier molecular flexibility index (Phi) is 6.43. The number of hydrogen-bond acceptors (Lipinski definition) is 1. The van der Waals surface area contributed by atoms with Gasteiger partial charge in [0.05, 0.1) is 0 Å². The Balaban J connectivity index is 3.67. The molecule has 0 rings (SSSR count). The molecular weight excluding hydrogens is 170 g/mol. The van der Waals surface area contributed by atoms with Crippen LogP contribution < -0.4 is 5.32 Å². The summed E-state index contributed by atoms with van der Waals surface area (Å²) < 4.78 is 0. The maximum absolute atomic E-state index is 3.43. The van der Waals surface area contributed by atoms with Crippen LogP contribution in [0.15, 0.2) is 0 Å². The van der Waals surface area contributed by atoms with E-state index in [4.69, 9.17) is 0 Å². The first-order valence-corrected chi connectivity index (χ1v) is 6.07. The summed E-state index contributed by atoms with van der Waals surface area (Å²) in [6.07, 6.45) is 2.70. The summed E-state index contributed by atoms with van der Waals surface area (Å²) in [5, 5.41) is 3.43. The Morgan fingerprint density at radius 1 is 1.07 bits per heavy atom. The van der Waals surface area contributed by atoms with Gasteiger partial charge in [0.25, 0.3) is 0 Å². The van der Waals surface area contributed by atoms with Crippen molar-refractivity contribution in [2.45, 2.75) is 54.4 Å². The highest BCUT2D eigenvalue weighted by Crippen LogP contribution is 2.26. The molecule has 0 aliphatic heterocycles. The quantitative estimate of drug-likeness (QED) is 0.688. The van der Waals surface area contributed by atoms with E-state index in [-0.39, 0.29) is 0 Å². The van der Waals surface area contributed by atoms with Gasteiger partial charge in [0, 0.05) is 0 Å². The van der Waals surface area contributed by atoms with E-state index < -0.39 is 0 Å². The maximum atomic E-state index is 3.43. The second kappa shape index (κ2) is 6.44. The number of hydrogen-bond donors (Lipinski definition) is 1. The van der Waals surface area contributed by atoms with E-state index in [1.165, 1.54) is 19.4 Å². The SMILES string of the molecule is CCNCC(C)C(C)CCC(C)(C)C. The molecule has 0 aliphatic rings. The van der Waals surface area contributed by atoms with Crippen molar-refractivity contribution in [1.82, 2.24) is 5.32 Å². The lowest BCUT2D eigenvalue weighted by molar-refractivity contribution is 0.279. The first-order chi connectivity index (χ1) is 6.37.